The second-order valence-corrected chi connectivity index (χ2v) is 2.31. The van der Waals surface area contributed by atoms with Gasteiger partial charge in [0, 0.05) is 6.20 Å². The lowest BCUT2D eigenvalue weighted by atomic mass is 10.4. The molecule has 0 aliphatic heterocycles. The van der Waals surface area contributed by atoms with Crippen LogP contribution < -0.4 is 11.2 Å². The molecule has 0 aliphatic rings. The van der Waals surface area contributed by atoms with Crippen molar-refractivity contribution in [3.63, 3.8) is 0 Å². The van der Waals surface area contributed by atoms with Crippen molar-refractivity contribution in [1.82, 2.24) is 15.4 Å². The Kier molecular flexibility index (Phi) is 3.09. The van der Waals surface area contributed by atoms with Gasteiger partial charge in [-0.1, -0.05) is 0 Å². The molecule has 0 unspecified atom stereocenters. The van der Waals surface area contributed by atoms with E-state index in [9.17, 15) is 0 Å². The molecule has 0 saturated heterocycles. The Morgan fingerprint density at radius 3 is 3.17 bits per heavy atom. The molecule has 3 N–H and O–H groups in total. The first-order valence-electron chi connectivity index (χ1n) is 3.13. The quantitative estimate of drug-likeness (QED) is 0.370. The van der Waals surface area contributed by atoms with Crippen LogP contribution in [0.2, 0.25) is 0 Å². The minimum Gasteiger partial charge on any atom is -0.375 e. The SMILES string of the molecule is NC(=S)N/N=C/c1ccncn1. The van der Waals surface area contributed by atoms with Crippen molar-refractivity contribution in [3.05, 3.63) is 24.3 Å². The Labute approximate surface area is 74.7 Å². The van der Waals surface area contributed by atoms with Crippen LogP contribution in [0.25, 0.3) is 0 Å². The summed E-state index contributed by atoms with van der Waals surface area (Å²) in [5.41, 5.74) is 8.23. The van der Waals surface area contributed by atoms with E-state index >= 15 is 0 Å². The lowest BCUT2D eigenvalue weighted by Crippen LogP contribution is -2.24. The summed E-state index contributed by atoms with van der Waals surface area (Å²) in [6.45, 7) is 0. The number of hydrazone groups is 1. The topological polar surface area (TPSA) is 76.2 Å². The second-order valence-electron chi connectivity index (χ2n) is 1.87. The summed E-state index contributed by atoms with van der Waals surface area (Å²) < 4.78 is 0. The zero-order valence-corrected chi connectivity index (χ0v) is 6.95. The molecular weight excluding hydrogens is 174 g/mol. The first-order chi connectivity index (χ1) is 5.79. The fourth-order valence-electron chi connectivity index (χ4n) is 0.539. The molecule has 0 saturated carbocycles. The van der Waals surface area contributed by atoms with Gasteiger partial charge in [0.2, 0.25) is 0 Å². The van der Waals surface area contributed by atoms with Gasteiger partial charge >= 0.3 is 0 Å². The fraction of sp³-hybridized carbons (Fsp3) is 0. The van der Waals surface area contributed by atoms with Gasteiger partial charge in [-0.25, -0.2) is 9.97 Å². The minimum atomic E-state index is 0.125. The number of rotatable bonds is 2. The van der Waals surface area contributed by atoms with E-state index in [1.54, 1.807) is 12.3 Å². The van der Waals surface area contributed by atoms with E-state index in [0.717, 1.165) is 0 Å². The largest absolute Gasteiger partial charge is 0.375 e. The van der Waals surface area contributed by atoms with Crippen molar-refractivity contribution in [2.45, 2.75) is 0 Å². The molecule has 0 aliphatic carbocycles. The third-order valence-corrected chi connectivity index (χ3v) is 1.07. The lowest BCUT2D eigenvalue weighted by Gasteiger charge is -1.92. The molecule has 0 fully saturated rings. The van der Waals surface area contributed by atoms with E-state index in [-0.39, 0.29) is 5.11 Å². The normalized spacial score (nSPS) is 10.0. The molecule has 0 spiro atoms. The zero-order chi connectivity index (χ0) is 8.81. The predicted octanol–water partition coefficient (Wildman–Crippen LogP) is -0.356. The zero-order valence-electron chi connectivity index (χ0n) is 6.14. The van der Waals surface area contributed by atoms with Crippen LogP contribution in [0, 0.1) is 0 Å². The smallest absolute Gasteiger partial charge is 0.184 e. The highest BCUT2D eigenvalue weighted by Crippen LogP contribution is 1.83. The summed E-state index contributed by atoms with van der Waals surface area (Å²) in [6.07, 6.45) is 4.55. The third kappa shape index (κ3) is 3.02. The van der Waals surface area contributed by atoms with Crippen LogP contribution in [0.3, 0.4) is 0 Å². The van der Waals surface area contributed by atoms with Crippen molar-refractivity contribution in [3.8, 4) is 0 Å². The molecule has 0 amide bonds. The number of hydrogen-bond acceptors (Lipinski definition) is 4. The van der Waals surface area contributed by atoms with Crippen LogP contribution in [0.4, 0.5) is 0 Å². The van der Waals surface area contributed by atoms with Crippen LogP contribution in [0.15, 0.2) is 23.7 Å². The lowest BCUT2D eigenvalue weighted by molar-refractivity contribution is 1.04. The van der Waals surface area contributed by atoms with E-state index in [0.29, 0.717) is 5.69 Å². The maximum absolute atomic E-state index is 5.13. The van der Waals surface area contributed by atoms with Gasteiger partial charge in [-0.2, -0.15) is 5.10 Å². The maximum Gasteiger partial charge on any atom is 0.184 e. The van der Waals surface area contributed by atoms with Gasteiger partial charge in [-0.3, -0.25) is 5.43 Å². The van der Waals surface area contributed by atoms with E-state index in [2.05, 4.69) is 32.7 Å². The minimum absolute atomic E-state index is 0.125. The molecule has 0 bridgehead atoms. The summed E-state index contributed by atoms with van der Waals surface area (Å²) in [4.78, 5) is 7.64. The molecule has 1 aromatic heterocycles. The number of nitrogens with zero attached hydrogens (tertiary/aromatic N) is 3. The molecule has 1 rings (SSSR count). The first-order valence-corrected chi connectivity index (χ1v) is 3.54. The highest BCUT2D eigenvalue weighted by molar-refractivity contribution is 7.80. The Morgan fingerprint density at radius 1 is 1.75 bits per heavy atom. The number of hydrogen-bond donors (Lipinski definition) is 2. The number of nitrogens with two attached hydrogens (primary N) is 1. The van der Waals surface area contributed by atoms with Gasteiger partial charge in [0.1, 0.15) is 6.33 Å². The first kappa shape index (κ1) is 8.54. The second kappa shape index (κ2) is 4.35. The van der Waals surface area contributed by atoms with Gasteiger partial charge < -0.3 is 5.73 Å². The van der Waals surface area contributed by atoms with Gasteiger partial charge in [0.25, 0.3) is 0 Å². The van der Waals surface area contributed by atoms with E-state index < -0.39 is 0 Å². The average molecular weight is 181 g/mol. The number of thiocarbonyl (C=S) groups is 1. The molecule has 1 heterocycles. The van der Waals surface area contributed by atoms with E-state index in [1.165, 1.54) is 12.5 Å². The van der Waals surface area contributed by atoms with Crippen LogP contribution in [-0.2, 0) is 0 Å². The van der Waals surface area contributed by atoms with Crippen molar-refractivity contribution in [2.24, 2.45) is 10.8 Å². The number of nitrogens with one attached hydrogen (secondary N) is 1. The summed E-state index contributed by atoms with van der Waals surface area (Å²) in [5, 5.41) is 3.83. The van der Waals surface area contributed by atoms with Crippen LogP contribution in [0.5, 0.6) is 0 Å². The highest BCUT2D eigenvalue weighted by atomic mass is 32.1. The fourth-order valence-corrected chi connectivity index (χ4v) is 0.592. The highest BCUT2D eigenvalue weighted by Gasteiger charge is 1.85. The molecule has 0 atom stereocenters. The van der Waals surface area contributed by atoms with Crippen molar-refractivity contribution in [2.75, 3.05) is 0 Å². The summed E-state index contributed by atoms with van der Waals surface area (Å²) >= 11 is 4.53. The Morgan fingerprint density at radius 2 is 2.58 bits per heavy atom. The average Bonchev–Trinajstić information content (AvgIpc) is 2.05. The van der Waals surface area contributed by atoms with Crippen LogP contribution in [-0.4, -0.2) is 21.3 Å². The number of aromatic nitrogens is 2. The predicted molar refractivity (Wildman–Crippen MR) is 49.5 cm³/mol. The molecular formula is C6H7N5S. The van der Waals surface area contributed by atoms with Crippen molar-refractivity contribution in [1.29, 1.82) is 0 Å². The molecule has 0 aromatic carbocycles. The molecule has 0 radical (unpaired) electrons. The molecule has 12 heavy (non-hydrogen) atoms. The summed E-state index contributed by atoms with van der Waals surface area (Å²) in [6, 6.07) is 1.71. The monoisotopic (exact) mass is 181 g/mol. The Balaban J connectivity index is 2.52. The van der Waals surface area contributed by atoms with Crippen molar-refractivity contribution < 1.29 is 0 Å². The standard InChI is InChI=1S/C6H7N5S/c7-6(12)11-10-3-5-1-2-8-4-9-5/h1-4H,(H3,7,11,12)/b10-3+. The molecule has 6 heteroatoms. The maximum atomic E-state index is 5.13. The van der Waals surface area contributed by atoms with Crippen LogP contribution >= 0.6 is 12.2 Å². The van der Waals surface area contributed by atoms with E-state index in [1.807, 2.05) is 0 Å². The third-order valence-electron chi connectivity index (χ3n) is 0.976. The van der Waals surface area contributed by atoms with Gasteiger partial charge in [-0.15, -0.1) is 0 Å². The van der Waals surface area contributed by atoms with Crippen LogP contribution in [0.1, 0.15) is 5.69 Å². The summed E-state index contributed by atoms with van der Waals surface area (Å²) in [5.74, 6) is 0. The van der Waals surface area contributed by atoms with Crippen molar-refractivity contribution >= 4 is 23.5 Å². The van der Waals surface area contributed by atoms with E-state index in [4.69, 9.17) is 5.73 Å². The molecule has 62 valence electrons. The van der Waals surface area contributed by atoms with Gasteiger partial charge in [0.15, 0.2) is 5.11 Å². The Hall–Kier alpha value is -1.56. The molecule has 5 nitrogen and oxygen atoms in total. The van der Waals surface area contributed by atoms with Gasteiger partial charge in [-0.05, 0) is 18.3 Å². The van der Waals surface area contributed by atoms with Gasteiger partial charge in [0.05, 0.1) is 11.9 Å². The molecule has 1 aromatic rings. The summed E-state index contributed by atoms with van der Waals surface area (Å²) in [7, 11) is 0. The Bertz CT molecular complexity index is 283.